The molecule has 0 aromatic carbocycles. The van der Waals surface area contributed by atoms with Gasteiger partial charge in [-0.1, -0.05) is 0 Å². The van der Waals surface area contributed by atoms with E-state index in [4.69, 9.17) is 0 Å². The Morgan fingerprint density at radius 1 is 1.19 bits per heavy atom. The molecule has 0 aromatic rings. The van der Waals surface area contributed by atoms with E-state index in [0.29, 0.717) is 12.1 Å². The number of amides is 1. The average molecular weight is 224 g/mol. The number of likely N-dealkylation sites (N-methyl/N-ethyl adjacent to an activating group) is 1. The number of likely N-dealkylation sites (tertiary alicyclic amines) is 1. The molecule has 16 heavy (non-hydrogen) atoms. The number of carbonyl (C=O) groups is 2. The van der Waals surface area contributed by atoms with Gasteiger partial charge in [0.25, 0.3) is 0 Å². The number of fused-ring (bicyclic) bond motifs is 2. The fourth-order valence-electron chi connectivity index (χ4n) is 2.86. The van der Waals surface area contributed by atoms with Crippen LogP contribution in [0.5, 0.6) is 0 Å². The summed E-state index contributed by atoms with van der Waals surface area (Å²) in [4.78, 5) is 27.1. The number of Topliss-reactive ketones (excluding diaryl/α,β-unsaturated/α-hetero) is 1. The second-order valence-corrected chi connectivity index (χ2v) is 5.06. The van der Waals surface area contributed by atoms with E-state index in [-0.39, 0.29) is 18.1 Å². The molecule has 4 heteroatoms. The van der Waals surface area contributed by atoms with Crippen molar-refractivity contribution in [3.05, 3.63) is 0 Å². The third-order valence-corrected chi connectivity index (χ3v) is 3.90. The quantitative estimate of drug-likeness (QED) is 0.647. The zero-order valence-corrected chi connectivity index (χ0v) is 10.1. The van der Waals surface area contributed by atoms with Crippen LogP contribution in [0.3, 0.4) is 0 Å². The molecule has 2 bridgehead atoms. The monoisotopic (exact) mass is 224 g/mol. The van der Waals surface area contributed by atoms with Crippen LogP contribution >= 0.6 is 0 Å². The van der Waals surface area contributed by atoms with E-state index in [1.165, 1.54) is 19.8 Å². The van der Waals surface area contributed by atoms with E-state index in [1.807, 2.05) is 4.90 Å². The van der Waals surface area contributed by atoms with Gasteiger partial charge in [0.05, 0.1) is 6.42 Å². The molecule has 0 N–H and O–H groups in total. The molecule has 2 aliphatic heterocycles. The maximum atomic E-state index is 11.8. The van der Waals surface area contributed by atoms with Crippen LogP contribution in [0.25, 0.3) is 0 Å². The Labute approximate surface area is 96.6 Å². The summed E-state index contributed by atoms with van der Waals surface area (Å²) in [5.41, 5.74) is 0. The highest BCUT2D eigenvalue weighted by molar-refractivity contribution is 5.96. The van der Waals surface area contributed by atoms with Crippen molar-refractivity contribution in [3.63, 3.8) is 0 Å². The first-order valence-electron chi connectivity index (χ1n) is 6.07. The Hall–Kier alpha value is -0.900. The van der Waals surface area contributed by atoms with Crippen LogP contribution in [0.2, 0.25) is 0 Å². The van der Waals surface area contributed by atoms with Crippen LogP contribution in [-0.2, 0) is 9.59 Å². The van der Waals surface area contributed by atoms with Gasteiger partial charge < -0.3 is 4.90 Å². The van der Waals surface area contributed by atoms with E-state index in [9.17, 15) is 9.59 Å². The molecule has 1 amide bonds. The van der Waals surface area contributed by atoms with Crippen molar-refractivity contribution in [1.82, 2.24) is 9.80 Å². The lowest BCUT2D eigenvalue weighted by Crippen LogP contribution is -2.40. The average Bonchev–Trinajstić information content (AvgIpc) is 2.39. The Bertz CT molecular complexity index is 303. The number of hydrogen-bond donors (Lipinski definition) is 0. The standard InChI is InChI=1S/C12H20N2O2/c1-9(15)7-12(16)14-6-5-10-3-4-11(8-14)13(10)2/h10-11H,3-8H2,1-2H3. The van der Waals surface area contributed by atoms with Gasteiger partial charge in [-0.05, 0) is 33.2 Å². The lowest BCUT2D eigenvalue weighted by Gasteiger charge is -2.25. The second kappa shape index (κ2) is 4.53. The van der Waals surface area contributed by atoms with E-state index < -0.39 is 0 Å². The number of nitrogens with zero attached hydrogens (tertiary/aromatic N) is 2. The summed E-state index contributed by atoms with van der Waals surface area (Å²) in [5.74, 6) is -0.0267. The first-order chi connectivity index (χ1) is 7.58. The highest BCUT2D eigenvalue weighted by atomic mass is 16.2. The summed E-state index contributed by atoms with van der Waals surface area (Å²) in [6.45, 7) is 3.10. The van der Waals surface area contributed by atoms with Crippen molar-refractivity contribution in [2.75, 3.05) is 20.1 Å². The van der Waals surface area contributed by atoms with Gasteiger partial charge in [-0.15, -0.1) is 0 Å². The molecule has 0 saturated carbocycles. The Balaban J connectivity index is 1.98. The smallest absolute Gasteiger partial charge is 0.230 e. The van der Waals surface area contributed by atoms with Crippen LogP contribution in [0.15, 0.2) is 0 Å². The number of carbonyl (C=O) groups excluding carboxylic acids is 2. The first-order valence-corrected chi connectivity index (χ1v) is 6.07. The molecule has 0 aromatic heterocycles. The van der Waals surface area contributed by atoms with Crippen molar-refractivity contribution in [3.8, 4) is 0 Å². The van der Waals surface area contributed by atoms with E-state index in [0.717, 1.165) is 19.5 Å². The van der Waals surface area contributed by atoms with Crippen LogP contribution in [0.1, 0.15) is 32.6 Å². The molecule has 2 rings (SSSR count). The Kier molecular flexibility index (Phi) is 3.28. The van der Waals surface area contributed by atoms with Crippen molar-refractivity contribution in [2.45, 2.75) is 44.7 Å². The Morgan fingerprint density at radius 2 is 1.88 bits per heavy atom. The molecule has 2 unspecified atom stereocenters. The van der Waals surface area contributed by atoms with Crippen molar-refractivity contribution in [2.24, 2.45) is 0 Å². The predicted octanol–water partition coefficient (Wildman–Crippen LogP) is 0.661. The van der Waals surface area contributed by atoms with Gasteiger partial charge >= 0.3 is 0 Å². The van der Waals surface area contributed by atoms with Gasteiger partial charge in [-0.2, -0.15) is 0 Å². The molecule has 2 saturated heterocycles. The fraction of sp³-hybridized carbons (Fsp3) is 0.833. The summed E-state index contributed by atoms with van der Waals surface area (Å²) >= 11 is 0. The highest BCUT2D eigenvalue weighted by Crippen LogP contribution is 2.28. The highest BCUT2D eigenvalue weighted by Gasteiger charge is 2.35. The van der Waals surface area contributed by atoms with Crippen LogP contribution < -0.4 is 0 Å². The minimum Gasteiger partial charge on any atom is -0.341 e. The largest absolute Gasteiger partial charge is 0.341 e. The topological polar surface area (TPSA) is 40.6 Å². The van der Waals surface area contributed by atoms with Gasteiger partial charge in [0.1, 0.15) is 5.78 Å². The minimum absolute atomic E-state index is 0.00782. The van der Waals surface area contributed by atoms with Crippen molar-refractivity contribution in [1.29, 1.82) is 0 Å². The summed E-state index contributed by atoms with van der Waals surface area (Å²) in [7, 11) is 2.15. The molecule has 90 valence electrons. The van der Waals surface area contributed by atoms with Crippen LogP contribution in [0.4, 0.5) is 0 Å². The molecule has 0 radical (unpaired) electrons. The van der Waals surface area contributed by atoms with Crippen molar-refractivity contribution >= 4 is 11.7 Å². The SMILES string of the molecule is CC(=O)CC(=O)N1CCC2CCC(C1)N2C. The lowest BCUT2D eigenvalue weighted by atomic mass is 10.1. The normalized spacial score (nSPS) is 30.2. The van der Waals surface area contributed by atoms with E-state index in [2.05, 4.69) is 11.9 Å². The van der Waals surface area contributed by atoms with Gasteiger partial charge in [0.2, 0.25) is 5.91 Å². The summed E-state index contributed by atoms with van der Waals surface area (Å²) in [6, 6.07) is 1.14. The van der Waals surface area contributed by atoms with E-state index >= 15 is 0 Å². The van der Waals surface area contributed by atoms with Crippen LogP contribution in [0, 0.1) is 0 Å². The summed E-state index contributed by atoms with van der Waals surface area (Å²) in [6.07, 6.45) is 3.57. The molecule has 2 fully saturated rings. The second-order valence-electron chi connectivity index (χ2n) is 5.06. The first kappa shape index (κ1) is 11.6. The van der Waals surface area contributed by atoms with Crippen LogP contribution in [-0.4, -0.2) is 53.7 Å². The Morgan fingerprint density at radius 3 is 2.56 bits per heavy atom. The fourth-order valence-corrected chi connectivity index (χ4v) is 2.86. The molecule has 0 aliphatic carbocycles. The van der Waals surface area contributed by atoms with E-state index in [1.54, 1.807) is 0 Å². The molecule has 2 aliphatic rings. The lowest BCUT2D eigenvalue weighted by molar-refractivity contribution is -0.135. The minimum atomic E-state index is -0.0345. The number of hydrogen-bond acceptors (Lipinski definition) is 3. The molecular weight excluding hydrogens is 204 g/mol. The zero-order valence-electron chi connectivity index (χ0n) is 10.1. The molecule has 2 heterocycles. The maximum Gasteiger partial charge on any atom is 0.230 e. The number of ketones is 1. The third-order valence-electron chi connectivity index (χ3n) is 3.90. The predicted molar refractivity (Wildman–Crippen MR) is 61.1 cm³/mol. The van der Waals surface area contributed by atoms with Crippen molar-refractivity contribution < 1.29 is 9.59 Å². The zero-order chi connectivity index (χ0) is 11.7. The molecule has 2 atom stereocenters. The van der Waals surface area contributed by atoms with Gasteiger partial charge in [0, 0.05) is 25.2 Å². The van der Waals surface area contributed by atoms with Gasteiger partial charge in [-0.3, -0.25) is 14.5 Å². The number of rotatable bonds is 2. The maximum absolute atomic E-state index is 11.8. The summed E-state index contributed by atoms with van der Waals surface area (Å²) < 4.78 is 0. The van der Waals surface area contributed by atoms with Gasteiger partial charge in [0.15, 0.2) is 0 Å². The van der Waals surface area contributed by atoms with Gasteiger partial charge in [-0.25, -0.2) is 0 Å². The molecule has 4 nitrogen and oxygen atoms in total. The molecule has 0 spiro atoms. The molecular formula is C12H20N2O2. The third kappa shape index (κ3) is 2.26. The summed E-state index contributed by atoms with van der Waals surface area (Å²) in [5, 5.41) is 0.